The van der Waals surface area contributed by atoms with E-state index in [1.165, 1.54) is 5.56 Å². The Hall–Kier alpha value is -1.52. The third-order valence-corrected chi connectivity index (χ3v) is 5.26. The zero-order valence-electron chi connectivity index (χ0n) is 15.8. The van der Waals surface area contributed by atoms with E-state index < -0.39 is 0 Å². The molecule has 0 heterocycles. The molecule has 0 aliphatic heterocycles. The minimum atomic E-state index is 0.0662. The molecule has 0 spiro atoms. The standard InChI is InChI=1S/C21H28BrNO2/c1-6-21(3,4)23-13-17-18(22)11-12-19(24-5)20(17)25-14-16-9-7-15(2)8-10-16/h7-12,23H,6,13-14H2,1-5H3. The van der Waals surface area contributed by atoms with Crippen molar-refractivity contribution in [2.24, 2.45) is 0 Å². The number of rotatable bonds is 8. The summed E-state index contributed by atoms with van der Waals surface area (Å²) in [5.74, 6) is 1.54. The summed E-state index contributed by atoms with van der Waals surface area (Å²) in [4.78, 5) is 0. The summed E-state index contributed by atoms with van der Waals surface area (Å²) < 4.78 is 12.7. The number of aryl methyl sites for hydroxylation is 1. The van der Waals surface area contributed by atoms with Crippen LogP contribution in [-0.4, -0.2) is 12.6 Å². The predicted molar refractivity (Wildman–Crippen MR) is 107 cm³/mol. The largest absolute Gasteiger partial charge is 0.493 e. The normalized spacial score (nSPS) is 11.4. The smallest absolute Gasteiger partial charge is 0.167 e. The molecule has 136 valence electrons. The maximum absolute atomic E-state index is 6.17. The second-order valence-electron chi connectivity index (χ2n) is 6.92. The Kier molecular flexibility index (Phi) is 6.91. The van der Waals surface area contributed by atoms with Crippen LogP contribution in [-0.2, 0) is 13.2 Å². The highest BCUT2D eigenvalue weighted by Gasteiger charge is 2.19. The molecule has 4 heteroatoms. The summed E-state index contributed by atoms with van der Waals surface area (Å²) in [5.41, 5.74) is 3.53. The van der Waals surface area contributed by atoms with E-state index in [9.17, 15) is 0 Å². The highest BCUT2D eigenvalue weighted by Crippen LogP contribution is 2.37. The van der Waals surface area contributed by atoms with Gasteiger partial charge in [-0.2, -0.15) is 0 Å². The van der Waals surface area contributed by atoms with Crippen LogP contribution in [0, 0.1) is 6.92 Å². The van der Waals surface area contributed by atoms with Gasteiger partial charge in [0.05, 0.1) is 7.11 Å². The molecule has 0 aliphatic carbocycles. The highest BCUT2D eigenvalue weighted by molar-refractivity contribution is 9.10. The molecule has 25 heavy (non-hydrogen) atoms. The molecule has 0 fully saturated rings. The molecule has 0 atom stereocenters. The molecule has 2 aromatic rings. The van der Waals surface area contributed by atoms with Crippen LogP contribution in [0.4, 0.5) is 0 Å². The van der Waals surface area contributed by atoms with E-state index in [0.29, 0.717) is 13.2 Å². The topological polar surface area (TPSA) is 30.5 Å². The Bertz CT molecular complexity index is 696. The van der Waals surface area contributed by atoms with Crippen LogP contribution in [0.2, 0.25) is 0 Å². The van der Waals surface area contributed by atoms with E-state index in [-0.39, 0.29) is 5.54 Å². The van der Waals surface area contributed by atoms with Crippen molar-refractivity contribution in [3.8, 4) is 11.5 Å². The van der Waals surface area contributed by atoms with Gasteiger partial charge >= 0.3 is 0 Å². The molecule has 0 radical (unpaired) electrons. The van der Waals surface area contributed by atoms with Crippen molar-refractivity contribution >= 4 is 15.9 Å². The average Bonchev–Trinajstić information content (AvgIpc) is 2.60. The number of halogens is 1. The molecule has 0 saturated heterocycles. The number of nitrogens with one attached hydrogen (secondary N) is 1. The highest BCUT2D eigenvalue weighted by atomic mass is 79.9. The molecule has 1 N–H and O–H groups in total. The van der Waals surface area contributed by atoms with Gasteiger partial charge in [-0.05, 0) is 44.9 Å². The summed E-state index contributed by atoms with van der Waals surface area (Å²) in [6, 6.07) is 12.3. The first kappa shape index (κ1) is 19.8. The summed E-state index contributed by atoms with van der Waals surface area (Å²) in [7, 11) is 1.68. The van der Waals surface area contributed by atoms with Gasteiger partial charge in [0.25, 0.3) is 0 Å². The molecule has 3 nitrogen and oxygen atoms in total. The molecule has 0 aromatic heterocycles. The monoisotopic (exact) mass is 405 g/mol. The van der Waals surface area contributed by atoms with Crippen molar-refractivity contribution in [3.05, 3.63) is 57.6 Å². The quantitative estimate of drug-likeness (QED) is 0.617. The van der Waals surface area contributed by atoms with Gasteiger partial charge in [-0.3, -0.25) is 0 Å². The lowest BCUT2D eigenvalue weighted by atomic mass is 10.0. The Morgan fingerprint density at radius 1 is 1.08 bits per heavy atom. The molecular formula is C21H28BrNO2. The third-order valence-electron chi connectivity index (χ3n) is 4.52. The number of ether oxygens (including phenoxy) is 2. The molecule has 0 bridgehead atoms. The summed E-state index contributed by atoms with van der Waals surface area (Å²) in [5, 5.41) is 3.60. The van der Waals surface area contributed by atoms with Gasteiger partial charge < -0.3 is 14.8 Å². The lowest BCUT2D eigenvalue weighted by molar-refractivity contribution is 0.278. The van der Waals surface area contributed by atoms with Gasteiger partial charge in [0.15, 0.2) is 11.5 Å². The number of methoxy groups -OCH3 is 1. The fourth-order valence-electron chi connectivity index (χ4n) is 2.36. The first-order valence-corrected chi connectivity index (χ1v) is 9.44. The summed E-state index contributed by atoms with van der Waals surface area (Å²) in [6.45, 7) is 9.89. The van der Waals surface area contributed by atoms with Crippen molar-refractivity contribution in [2.45, 2.75) is 52.8 Å². The third kappa shape index (κ3) is 5.48. The Morgan fingerprint density at radius 3 is 2.36 bits per heavy atom. The van der Waals surface area contributed by atoms with Crippen LogP contribution in [0.1, 0.15) is 43.9 Å². The fraction of sp³-hybridized carbons (Fsp3) is 0.429. The van der Waals surface area contributed by atoms with Gasteiger partial charge in [-0.1, -0.05) is 52.7 Å². The zero-order chi connectivity index (χ0) is 18.4. The van der Waals surface area contributed by atoms with Crippen molar-refractivity contribution in [1.82, 2.24) is 5.32 Å². The lowest BCUT2D eigenvalue weighted by Crippen LogP contribution is -2.38. The van der Waals surface area contributed by atoms with Crippen molar-refractivity contribution in [1.29, 1.82) is 0 Å². The maximum Gasteiger partial charge on any atom is 0.167 e. The number of hydrogen-bond acceptors (Lipinski definition) is 3. The SMILES string of the molecule is CCC(C)(C)NCc1c(Br)ccc(OC)c1OCc1ccc(C)cc1. The minimum Gasteiger partial charge on any atom is -0.493 e. The molecule has 2 aromatic carbocycles. The van der Waals surface area contributed by atoms with Gasteiger partial charge in [-0.25, -0.2) is 0 Å². The van der Waals surface area contributed by atoms with Crippen LogP contribution in [0.5, 0.6) is 11.5 Å². The number of benzene rings is 2. The Labute approximate surface area is 159 Å². The first-order valence-electron chi connectivity index (χ1n) is 8.65. The van der Waals surface area contributed by atoms with E-state index in [4.69, 9.17) is 9.47 Å². The molecule has 2 rings (SSSR count). The second-order valence-corrected chi connectivity index (χ2v) is 7.78. The van der Waals surface area contributed by atoms with Gasteiger partial charge in [0.2, 0.25) is 0 Å². The van der Waals surface area contributed by atoms with Crippen LogP contribution in [0.3, 0.4) is 0 Å². The molecule has 0 saturated carbocycles. The van der Waals surface area contributed by atoms with E-state index in [2.05, 4.69) is 73.2 Å². The van der Waals surface area contributed by atoms with E-state index >= 15 is 0 Å². The van der Waals surface area contributed by atoms with Crippen molar-refractivity contribution in [3.63, 3.8) is 0 Å². The van der Waals surface area contributed by atoms with Gasteiger partial charge in [0, 0.05) is 22.1 Å². The molecule has 0 unspecified atom stereocenters. The fourth-order valence-corrected chi connectivity index (χ4v) is 2.81. The summed E-state index contributed by atoms with van der Waals surface area (Å²) in [6.07, 6.45) is 1.05. The predicted octanol–water partition coefficient (Wildman–Crippen LogP) is 5.62. The zero-order valence-corrected chi connectivity index (χ0v) is 17.4. The molecular weight excluding hydrogens is 378 g/mol. The molecule has 0 amide bonds. The summed E-state index contributed by atoms with van der Waals surface area (Å²) >= 11 is 3.66. The van der Waals surface area contributed by atoms with E-state index in [1.54, 1.807) is 7.11 Å². The van der Waals surface area contributed by atoms with Gasteiger partial charge in [-0.15, -0.1) is 0 Å². The van der Waals surface area contributed by atoms with Crippen LogP contribution in [0.25, 0.3) is 0 Å². The second kappa shape index (κ2) is 8.72. The minimum absolute atomic E-state index is 0.0662. The molecule has 0 aliphatic rings. The average molecular weight is 406 g/mol. The van der Waals surface area contributed by atoms with Crippen LogP contribution >= 0.6 is 15.9 Å². The Balaban J connectivity index is 2.24. The van der Waals surface area contributed by atoms with E-state index in [1.807, 2.05) is 12.1 Å². The number of hydrogen-bond donors (Lipinski definition) is 1. The van der Waals surface area contributed by atoms with Crippen molar-refractivity contribution in [2.75, 3.05) is 7.11 Å². The first-order chi connectivity index (χ1) is 11.9. The maximum atomic E-state index is 6.17. The van der Waals surface area contributed by atoms with Gasteiger partial charge in [0.1, 0.15) is 6.61 Å². The van der Waals surface area contributed by atoms with Crippen molar-refractivity contribution < 1.29 is 9.47 Å². The Morgan fingerprint density at radius 2 is 1.76 bits per heavy atom. The van der Waals surface area contributed by atoms with Crippen LogP contribution in [0.15, 0.2) is 40.9 Å². The van der Waals surface area contributed by atoms with Crippen LogP contribution < -0.4 is 14.8 Å². The van der Waals surface area contributed by atoms with E-state index in [0.717, 1.165) is 33.5 Å². The lowest BCUT2D eigenvalue weighted by Gasteiger charge is -2.26.